The third-order valence-corrected chi connectivity index (χ3v) is 7.65. The average Bonchev–Trinajstić information content (AvgIpc) is 3.46. The zero-order chi connectivity index (χ0) is 17.4. The van der Waals surface area contributed by atoms with Crippen LogP contribution in [0.5, 0.6) is 0 Å². The summed E-state index contributed by atoms with van der Waals surface area (Å²) in [6, 6.07) is 9.22. The Kier molecular flexibility index (Phi) is 5.09. The Morgan fingerprint density at radius 3 is 1.79 bits per heavy atom. The van der Waals surface area contributed by atoms with Gasteiger partial charge in [0.1, 0.15) is 5.67 Å². The number of aryl methyl sites for hydroxylation is 1. The van der Waals surface area contributed by atoms with Gasteiger partial charge in [0.25, 0.3) is 0 Å². The van der Waals surface area contributed by atoms with Crippen LogP contribution in [0, 0.1) is 17.3 Å². The van der Waals surface area contributed by atoms with E-state index in [2.05, 4.69) is 38.1 Å². The molecular formula is C23H35F. The summed E-state index contributed by atoms with van der Waals surface area (Å²) < 4.78 is 15.4. The topological polar surface area (TPSA) is 0 Å². The Bertz CT molecular complexity index is 532. The van der Waals surface area contributed by atoms with Crippen molar-refractivity contribution >= 4 is 0 Å². The SMILES string of the molecule is CCc1ccc(C2CCC(C(C)(C3CC3)C(C)(F)CC)CC2)cc1. The maximum atomic E-state index is 15.4. The second-order valence-electron chi connectivity index (χ2n) is 8.75. The van der Waals surface area contributed by atoms with E-state index in [1.165, 1.54) is 49.7 Å². The molecule has 1 aromatic rings. The summed E-state index contributed by atoms with van der Waals surface area (Å²) in [4.78, 5) is 0. The van der Waals surface area contributed by atoms with E-state index in [0.29, 0.717) is 24.2 Å². The minimum atomic E-state index is -1.02. The summed E-state index contributed by atoms with van der Waals surface area (Å²) in [7, 11) is 0. The van der Waals surface area contributed by atoms with Crippen LogP contribution in [0.3, 0.4) is 0 Å². The molecule has 0 amide bonds. The molecule has 0 radical (unpaired) electrons. The molecule has 2 saturated carbocycles. The molecule has 2 aliphatic rings. The fourth-order valence-corrected chi connectivity index (χ4v) is 5.30. The fourth-order valence-electron chi connectivity index (χ4n) is 5.30. The number of benzene rings is 1. The third kappa shape index (κ3) is 3.16. The molecule has 0 heterocycles. The Morgan fingerprint density at radius 2 is 1.38 bits per heavy atom. The van der Waals surface area contributed by atoms with Gasteiger partial charge in [0, 0.05) is 5.41 Å². The Balaban J connectivity index is 1.69. The van der Waals surface area contributed by atoms with Crippen molar-refractivity contribution in [2.75, 3.05) is 0 Å². The highest BCUT2D eigenvalue weighted by molar-refractivity contribution is 5.26. The van der Waals surface area contributed by atoms with Gasteiger partial charge in [-0.25, -0.2) is 4.39 Å². The van der Waals surface area contributed by atoms with Gasteiger partial charge in [-0.3, -0.25) is 0 Å². The van der Waals surface area contributed by atoms with E-state index in [4.69, 9.17) is 0 Å². The molecule has 24 heavy (non-hydrogen) atoms. The van der Waals surface area contributed by atoms with Crippen molar-refractivity contribution in [3.05, 3.63) is 35.4 Å². The van der Waals surface area contributed by atoms with Crippen molar-refractivity contribution in [3.8, 4) is 0 Å². The van der Waals surface area contributed by atoms with E-state index >= 15 is 4.39 Å². The number of halogens is 1. The molecule has 0 aliphatic heterocycles. The fraction of sp³-hybridized carbons (Fsp3) is 0.739. The average molecular weight is 331 g/mol. The van der Waals surface area contributed by atoms with Crippen molar-refractivity contribution in [1.29, 1.82) is 0 Å². The van der Waals surface area contributed by atoms with Crippen LogP contribution in [-0.4, -0.2) is 5.67 Å². The van der Waals surface area contributed by atoms with Crippen LogP contribution in [0.15, 0.2) is 24.3 Å². The van der Waals surface area contributed by atoms with Gasteiger partial charge in [0.05, 0.1) is 0 Å². The van der Waals surface area contributed by atoms with E-state index in [1.54, 1.807) is 0 Å². The van der Waals surface area contributed by atoms with E-state index in [-0.39, 0.29) is 5.41 Å². The molecule has 2 aliphatic carbocycles. The Morgan fingerprint density at radius 1 is 0.875 bits per heavy atom. The summed E-state index contributed by atoms with van der Waals surface area (Å²) in [6.45, 7) is 8.39. The lowest BCUT2D eigenvalue weighted by Gasteiger charge is -2.49. The molecule has 1 heteroatoms. The largest absolute Gasteiger partial charge is 0.244 e. The molecule has 0 spiro atoms. The summed E-state index contributed by atoms with van der Waals surface area (Å²) >= 11 is 0. The van der Waals surface area contributed by atoms with Gasteiger partial charge in [-0.05, 0) is 87.2 Å². The van der Waals surface area contributed by atoms with Gasteiger partial charge in [0.15, 0.2) is 0 Å². The van der Waals surface area contributed by atoms with Crippen molar-refractivity contribution < 1.29 is 4.39 Å². The first kappa shape index (κ1) is 18.0. The van der Waals surface area contributed by atoms with Gasteiger partial charge >= 0.3 is 0 Å². The predicted molar refractivity (Wildman–Crippen MR) is 101 cm³/mol. The minimum Gasteiger partial charge on any atom is -0.244 e. The molecule has 1 aromatic carbocycles. The minimum absolute atomic E-state index is 0.112. The molecule has 0 saturated heterocycles. The highest BCUT2D eigenvalue weighted by Gasteiger charge is 2.57. The van der Waals surface area contributed by atoms with Crippen LogP contribution in [0.4, 0.5) is 4.39 Å². The zero-order valence-corrected chi connectivity index (χ0v) is 16.1. The lowest BCUT2D eigenvalue weighted by molar-refractivity contribution is -0.0616. The van der Waals surface area contributed by atoms with E-state index in [0.717, 1.165) is 6.42 Å². The van der Waals surface area contributed by atoms with Crippen LogP contribution >= 0.6 is 0 Å². The lowest BCUT2D eigenvalue weighted by atomic mass is 9.57. The molecule has 0 aromatic heterocycles. The normalized spacial score (nSPS) is 29.7. The standard InChI is InChI=1S/C23H35F/c1-5-17-7-9-18(10-8-17)19-11-13-20(14-12-19)23(4,21-15-16-21)22(3,24)6-2/h7-10,19-21H,5-6,11-16H2,1-4H3. The van der Waals surface area contributed by atoms with E-state index < -0.39 is 5.67 Å². The van der Waals surface area contributed by atoms with Crippen LogP contribution in [0.25, 0.3) is 0 Å². The van der Waals surface area contributed by atoms with Crippen molar-refractivity contribution in [2.45, 2.75) is 90.6 Å². The maximum Gasteiger partial charge on any atom is 0.113 e. The van der Waals surface area contributed by atoms with Gasteiger partial charge < -0.3 is 0 Å². The summed E-state index contributed by atoms with van der Waals surface area (Å²) in [5, 5.41) is 0. The molecule has 0 N–H and O–H groups in total. The molecule has 134 valence electrons. The van der Waals surface area contributed by atoms with E-state index in [9.17, 15) is 0 Å². The van der Waals surface area contributed by atoms with Gasteiger partial charge in [-0.15, -0.1) is 0 Å². The quantitative estimate of drug-likeness (QED) is 0.523. The van der Waals surface area contributed by atoms with E-state index in [1.807, 2.05) is 13.8 Å². The van der Waals surface area contributed by atoms with Crippen molar-refractivity contribution in [2.24, 2.45) is 17.3 Å². The molecule has 0 nitrogen and oxygen atoms in total. The zero-order valence-electron chi connectivity index (χ0n) is 16.1. The molecule has 2 atom stereocenters. The highest BCUT2D eigenvalue weighted by Crippen LogP contribution is 2.61. The number of rotatable bonds is 6. The second-order valence-corrected chi connectivity index (χ2v) is 8.75. The van der Waals surface area contributed by atoms with Gasteiger partial charge in [-0.1, -0.05) is 45.0 Å². The number of hydrogen-bond acceptors (Lipinski definition) is 0. The molecule has 2 unspecified atom stereocenters. The molecule has 0 bridgehead atoms. The van der Waals surface area contributed by atoms with Crippen molar-refractivity contribution in [1.82, 2.24) is 0 Å². The smallest absolute Gasteiger partial charge is 0.113 e. The van der Waals surface area contributed by atoms with Gasteiger partial charge in [0.2, 0.25) is 0 Å². The molecule has 3 rings (SSSR count). The summed E-state index contributed by atoms with van der Waals surface area (Å²) in [6.07, 6.45) is 9.12. The first-order valence-corrected chi connectivity index (χ1v) is 10.2. The first-order valence-electron chi connectivity index (χ1n) is 10.2. The molecular weight excluding hydrogens is 295 g/mol. The second kappa shape index (κ2) is 6.81. The summed E-state index contributed by atoms with van der Waals surface area (Å²) in [5.41, 5.74) is 1.79. The first-order chi connectivity index (χ1) is 11.4. The van der Waals surface area contributed by atoms with Crippen LogP contribution in [-0.2, 0) is 6.42 Å². The summed E-state index contributed by atoms with van der Waals surface area (Å²) in [5.74, 6) is 1.87. The maximum absolute atomic E-state index is 15.4. The number of alkyl halides is 1. The van der Waals surface area contributed by atoms with Gasteiger partial charge in [-0.2, -0.15) is 0 Å². The van der Waals surface area contributed by atoms with Crippen molar-refractivity contribution in [3.63, 3.8) is 0 Å². The molecule has 2 fully saturated rings. The number of hydrogen-bond donors (Lipinski definition) is 0. The van der Waals surface area contributed by atoms with Crippen LogP contribution in [0.1, 0.15) is 89.7 Å². The predicted octanol–water partition coefficient (Wildman–Crippen LogP) is 7.08. The Hall–Kier alpha value is -0.850. The van der Waals surface area contributed by atoms with Crippen LogP contribution in [0.2, 0.25) is 0 Å². The Labute approximate surface area is 148 Å². The lowest BCUT2D eigenvalue weighted by Crippen LogP contribution is -2.48. The highest BCUT2D eigenvalue weighted by atomic mass is 19.1. The monoisotopic (exact) mass is 330 g/mol. The third-order valence-electron chi connectivity index (χ3n) is 7.65. The van der Waals surface area contributed by atoms with Crippen LogP contribution < -0.4 is 0 Å².